The molecule has 8 heteroatoms. The highest BCUT2D eigenvalue weighted by molar-refractivity contribution is 7.13. The summed E-state index contributed by atoms with van der Waals surface area (Å²) in [5.74, 6) is 0.663. The van der Waals surface area contributed by atoms with Gasteiger partial charge in [-0.05, 0) is 17.7 Å². The normalized spacial score (nSPS) is 17.1. The smallest absolute Gasteiger partial charge is 0.318 e. The Morgan fingerprint density at radius 2 is 2.14 bits per heavy atom. The van der Waals surface area contributed by atoms with Gasteiger partial charge in [-0.15, -0.1) is 11.3 Å². The third-order valence-electron chi connectivity index (χ3n) is 4.58. The lowest BCUT2D eigenvalue weighted by atomic mass is 10.0. The van der Waals surface area contributed by atoms with Gasteiger partial charge in [-0.1, -0.05) is 30.3 Å². The predicted molar refractivity (Wildman–Crippen MR) is 106 cm³/mol. The molecular weight excluding hydrogens is 376 g/mol. The van der Waals surface area contributed by atoms with E-state index in [2.05, 4.69) is 15.6 Å². The molecule has 1 atom stereocenters. The Morgan fingerprint density at radius 3 is 2.93 bits per heavy atom. The van der Waals surface area contributed by atoms with Gasteiger partial charge in [-0.25, -0.2) is 9.78 Å². The minimum Gasteiger partial charge on any atom is -0.462 e. The average molecular weight is 396 g/mol. The second-order valence-corrected chi connectivity index (χ2v) is 7.31. The summed E-state index contributed by atoms with van der Waals surface area (Å²) in [4.78, 5) is 31.1. The van der Waals surface area contributed by atoms with E-state index in [-0.39, 0.29) is 24.4 Å². The number of thiazole rings is 1. The van der Waals surface area contributed by atoms with Crippen molar-refractivity contribution in [1.29, 1.82) is 0 Å². The molecule has 3 heterocycles. The molecule has 0 spiro atoms. The summed E-state index contributed by atoms with van der Waals surface area (Å²) >= 11 is 1.47. The number of aromatic nitrogens is 1. The number of carbonyl (C=O) groups excluding carboxylic acids is 2. The molecule has 7 nitrogen and oxygen atoms in total. The van der Waals surface area contributed by atoms with Gasteiger partial charge < -0.3 is 20.0 Å². The molecule has 0 bridgehead atoms. The molecule has 3 amide bonds. The van der Waals surface area contributed by atoms with Crippen LogP contribution in [-0.4, -0.2) is 34.9 Å². The number of furan rings is 1. The number of amides is 3. The molecule has 2 aromatic heterocycles. The third-order valence-corrected chi connectivity index (χ3v) is 5.49. The van der Waals surface area contributed by atoms with Crippen molar-refractivity contribution in [3.05, 3.63) is 65.4 Å². The van der Waals surface area contributed by atoms with Gasteiger partial charge in [0.1, 0.15) is 0 Å². The van der Waals surface area contributed by atoms with E-state index in [1.807, 2.05) is 47.8 Å². The fraction of sp³-hybridized carbons (Fsp3) is 0.250. The zero-order chi connectivity index (χ0) is 19.3. The number of urea groups is 1. The maximum Gasteiger partial charge on any atom is 0.318 e. The van der Waals surface area contributed by atoms with Crippen LogP contribution in [0.15, 0.2) is 58.5 Å². The Balaban J connectivity index is 1.45. The predicted octanol–water partition coefficient (Wildman–Crippen LogP) is 3.18. The summed E-state index contributed by atoms with van der Waals surface area (Å²) in [6.45, 7) is 1.20. The van der Waals surface area contributed by atoms with E-state index in [0.29, 0.717) is 25.4 Å². The Kier molecular flexibility index (Phi) is 5.38. The summed E-state index contributed by atoms with van der Waals surface area (Å²) in [7, 11) is 0. The zero-order valence-electron chi connectivity index (χ0n) is 15.1. The van der Waals surface area contributed by atoms with Crippen molar-refractivity contribution in [3.8, 4) is 10.8 Å². The van der Waals surface area contributed by atoms with Crippen LogP contribution in [0.25, 0.3) is 10.8 Å². The Morgan fingerprint density at radius 1 is 1.29 bits per heavy atom. The fourth-order valence-electron chi connectivity index (χ4n) is 3.21. The first kappa shape index (κ1) is 18.2. The second-order valence-electron chi connectivity index (χ2n) is 6.45. The minimum absolute atomic E-state index is 0.0493. The van der Waals surface area contributed by atoms with Crippen molar-refractivity contribution in [2.45, 2.75) is 19.0 Å². The lowest BCUT2D eigenvalue weighted by Gasteiger charge is -2.29. The molecule has 1 saturated heterocycles. The molecule has 144 valence electrons. The maximum absolute atomic E-state index is 12.9. The van der Waals surface area contributed by atoms with Gasteiger partial charge in [0.15, 0.2) is 10.8 Å². The first-order valence-electron chi connectivity index (χ1n) is 9.05. The highest BCUT2D eigenvalue weighted by atomic mass is 32.1. The number of hydrogen-bond acceptors (Lipinski definition) is 5. The van der Waals surface area contributed by atoms with Crippen LogP contribution >= 0.6 is 11.3 Å². The number of rotatable bonds is 4. The van der Waals surface area contributed by atoms with Crippen molar-refractivity contribution in [1.82, 2.24) is 20.5 Å². The van der Waals surface area contributed by atoms with Gasteiger partial charge in [0.05, 0.1) is 31.0 Å². The maximum atomic E-state index is 12.9. The van der Waals surface area contributed by atoms with Gasteiger partial charge in [-0.3, -0.25) is 4.79 Å². The molecule has 1 fully saturated rings. The van der Waals surface area contributed by atoms with Crippen molar-refractivity contribution >= 4 is 23.3 Å². The van der Waals surface area contributed by atoms with Gasteiger partial charge in [-0.2, -0.15) is 0 Å². The van der Waals surface area contributed by atoms with Crippen molar-refractivity contribution in [3.63, 3.8) is 0 Å². The van der Waals surface area contributed by atoms with Crippen LogP contribution in [0, 0.1) is 0 Å². The number of benzene rings is 1. The third kappa shape index (κ3) is 4.07. The van der Waals surface area contributed by atoms with Crippen molar-refractivity contribution in [2.75, 3.05) is 13.1 Å². The molecule has 28 heavy (non-hydrogen) atoms. The molecule has 3 aromatic rings. The molecule has 4 rings (SSSR count). The van der Waals surface area contributed by atoms with Gasteiger partial charge >= 0.3 is 6.03 Å². The Bertz CT molecular complexity index is 940. The number of nitrogens with zero attached hydrogens (tertiary/aromatic N) is 2. The topological polar surface area (TPSA) is 87.5 Å². The molecule has 1 aromatic carbocycles. The molecule has 1 unspecified atom stereocenters. The quantitative estimate of drug-likeness (QED) is 0.709. The van der Waals surface area contributed by atoms with E-state index in [9.17, 15) is 9.59 Å². The molecule has 1 aliphatic heterocycles. The SMILES string of the molecule is O=C1CC(c2ccccc2)N(C(=O)NCc2csc(-c3ccco3)n2)CCN1. The van der Waals surface area contributed by atoms with E-state index in [4.69, 9.17) is 4.42 Å². The second kappa shape index (κ2) is 8.26. The molecular formula is C20H20N4O3S. The first-order valence-corrected chi connectivity index (χ1v) is 9.93. The summed E-state index contributed by atoms with van der Waals surface area (Å²) in [5, 5.41) is 8.45. The molecule has 1 aliphatic rings. The lowest BCUT2D eigenvalue weighted by molar-refractivity contribution is -0.121. The van der Waals surface area contributed by atoms with Crippen LogP contribution < -0.4 is 10.6 Å². The van der Waals surface area contributed by atoms with E-state index >= 15 is 0 Å². The fourth-order valence-corrected chi connectivity index (χ4v) is 4.00. The zero-order valence-corrected chi connectivity index (χ0v) is 15.9. The van der Waals surface area contributed by atoms with Gasteiger partial charge in [0.2, 0.25) is 5.91 Å². The highest BCUT2D eigenvalue weighted by Crippen LogP contribution is 2.26. The summed E-state index contributed by atoms with van der Waals surface area (Å²) < 4.78 is 5.35. The summed E-state index contributed by atoms with van der Waals surface area (Å²) in [6.07, 6.45) is 1.85. The summed E-state index contributed by atoms with van der Waals surface area (Å²) in [5.41, 5.74) is 1.72. The number of carbonyl (C=O) groups is 2. The average Bonchev–Trinajstić information content (AvgIpc) is 3.37. The van der Waals surface area contributed by atoms with Crippen LogP contribution in [0.4, 0.5) is 4.79 Å². The van der Waals surface area contributed by atoms with E-state index in [0.717, 1.165) is 16.3 Å². The number of hydrogen-bond donors (Lipinski definition) is 2. The molecule has 0 saturated carbocycles. The molecule has 0 radical (unpaired) electrons. The monoisotopic (exact) mass is 396 g/mol. The van der Waals surface area contributed by atoms with E-state index in [1.165, 1.54) is 11.3 Å². The van der Waals surface area contributed by atoms with Gasteiger partial charge in [0.25, 0.3) is 0 Å². The highest BCUT2D eigenvalue weighted by Gasteiger charge is 2.29. The van der Waals surface area contributed by atoms with E-state index in [1.54, 1.807) is 11.2 Å². The first-order chi connectivity index (χ1) is 13.7. The lowest BCUT2D eigenvalue weighted by Crippen LogP contribution is -2.43. The number of nitrogens with one attached hydrogen (secondary N) is 2. The van der Waals surface area contributed by atoms with Crippen LogP contribution in [-0.2, 0) is 11.3 Å². The van der Waals surface area contributed by atoms with Crippen LogP contribution in [0.3, 0.4) is 0 Å². The minimum atomic E-state index is -0.294. The van der Waals surface area contributed by atoms with Crippen LogP contribution in [0.2, 0.25) is 0 Å². The van der Waals surface area contributed by atoms with Gasteiger partial charge in [0, 0.05) is 18.5 Å². The molecule has 0 aliphatic carbocycles. The van der Waals surface area contributed by atoms with Crippen molar-refractivity contribution < 1.29 is 14.0 Å². The largest absolute Gasteiger partial charge is 0.462 e. The van der Waals surface area contributed by atoms with Crippen LogP contribution in [0.1, 0.15) is 23.7 Å². The van der Waals surface area contributed by atoms with E-state index < -0.39 is 0 Å². The standard InChI is InChI=1S/C20H20N4O3S/c25-18-11-16(14-5-2-1-3-6-14)24(9-8-21-18)20(26)22-12-15-13-28-19(23-15)17-7-4-10-27-17/h1-7,10,13,16H,8-9,11-12H2,(H,21,25)(H,22,26). The Labute approximate surface area is 166 Å². The molecule has 2 N–H and O–H groups in total. The summed E-state index contributed by atoms with van der Waals surface area (Å²) in [6, 6.07) is 12.8. The van der Waals surface area contributed by atoms with Crippen LogP contribution in [0.5, 0.6) is 0 Å². The Hall–Kier alpha value is -3.13. The van der Waals surface area contributed by atoms with Crippen molar-refractivity contribution in [2.24, 2.45) is 0 Å².